The standard InChI is InChI=1S/C19H27F2N5O/c1-22-19(23-12-17(27)25-9-3-2-4-10-25)24-14-8-11-26(13-14)18-15(20)6-5-7-16(18)21/h5-7,14H,2-4,8-13H2,1H3,(H2,22,23,24). The van der Waals surface area contributed by atoms with Crippen LogP contribution in [0.4, 0.5) is 14.5 Å². The summed E-state index contributed by atoms with van der Waals surface area (Å²) >= 11 is 0. The maximum Gasteiger partial charge on any atom is 0.241 e. The van der Waals surface area contributed by atoms with Crippen molar-refractivity contribution in [2.75, 3.05) is 44.7 Å². The molecule has 148 valence electrons. The minimum absolute atomic E-state index is 0.000273. The number of carbonyl (C=O) groups is 1. The molecule has 27 heavy (non-hydrogen) atoms. The lowest BCUT2D eigenvalue weighted by molar-refractivity contribution is -0.130. The fraction of sp³-hybridized carbons (Fsp3) is 0.579. The SMILES string of the molecule is CN=C(NCC(=O)N1CCCCC1)NC1CCN(c2c(F)cccc2F)C1. The predicted molar refractivity (Wildman–Crippen MR) is 102 cm³/mol. The van der Waals surface area contributed by atoms with Crippen molar-refractivity contribution in [1.29, 1.82) is 0 Å². The Morgan fingerprint density at radius 3 is 2.56 bits per heavy atom. The number of nitrogens with zero attached hydrogens (tertiary/aromatic N) is 3. The van der Waals surface area contributed by atoms with E-state index in [9.17, 15) is 13.6 Å². The highest BCUT2D eigenvalue weighted by atomic mass is 19.1. The number of piperidine rings is 1. The first kappa shape index (κ1) is 19.4. The van der Waals surface area contributed by atoms with Crippen LogP contribution < -0.4 is 15.5 Å². The summed E-state index contributed by atoms with van der Waals surface area (Å²) in [4.78, 5) is 20.0. The number of rotatable bonds is 4. The summed E-state index contributed by atoms with van der Waals surface area (Å²) in [6, 6.07) is 3.91. The number of amides is 1. The van der Waals surface area contributed by atoms with Gasteiger partial charge in [0.15, 0.2) is 5.96 Å². The molecule has 0 bridgehead atoms. The van der Waals surface area contributed by atoms with E-state index in [0.717, 1.165) is 32.4 Å². The first-order valence-corrected chi connectivity index (χ1v) is 9.52. The van der Waals surface area contributed by atoms with Gasteiger partial charge in [-0.3, -0.25) is 9.79 Å². The summed E-state index contributed by atoms with van der Waals surface area (Å²) in [7, 11) is 1.64. The molecular formula is C19H27F2N5O. The van der Waals surface area contributed by atoms with Crippen LogP contribution in [0.2, 0.25) is 0 Å². The molecule has 2 aliphatic rings. The average Bonchev–Trinajstić information content (AvgIpc) is 3.13. The van der Waals surface area contributed by atoms with E-state index in [2.05, 4.69) is 15.6 Å². The van der Waals surface area contributed by atoms with Crippen molar-refractivity contribution in [2.45, 2.75) is 31.7 Å². The molecule has 0 saturated carbocycles. The Kier molecular flexibility index (Phi) is 6.47. The third kappa shape index (κ3) is 4.87. The molecule has 1 atom stereocenters. The van der Waals surface area contributed by atoms with Crippen molar-refractivity contribution in [1.82, 2.24) is 15.5 Å². The highest BCUT2D eigenvalue weighted by molar-refractivity contribution is 5.86. The van der Waals surface area contributed by atoms with Crippen LogP contribution >= 0.6 is 0 Å². The van der Waals surface area contributed by atoms with Crippen LogP contribution in [0, 0.1) is 11.6 Å². The molecule has 0 radical (unpaired) electrons. The average molecular weight is 379 g/mol. The number of nitrogens with one attached hydrogen (secondary N) is 2. The van der Waals surface area contributed by atoms with Gasteiger partial charge in [-0.1, -0.05) is 6.07 Å². The van der Waals surface area contributed by atoms with Gasteiger partial charge in [-0.2, -0.15) is 0 Å². The van der Waals surface area contributed by atoms with Gasteiger partial charge >= 0.3 is 0 Å². The third-order valence-electron chi connectivity index (χ3n) is 5.12. The van der Waals surface area contributed by atoms with Crippen LogP contribution in [0.1, 0.15) is 25.7 Å². The van der Waals surface area contributed by atoms with Gasteiger partial charge < -0.3 is 20.4 Å². The zero-order valence-corrected chi connectivity index (χ0v) is 15.7. The normalized spacial score (nSPS) is 20.7. The number of likely N-dealkylation sites (tertiary alicyclic amines) is 1. The van der Waals surface area contributed by atoms with Gasteiger partial charge in [0.2, 0.25) is 5.91 Å². The van der Waals surface area contributed by atoms with Crippen LogP contribution in [-0.2, 0) is 4.79 Å². The number of carbonyl (C=O) groups excluding carboxylic acids is 1. The highest BCUT2D eigenvalue weighted by Crippen LogP contribution is 2.26. The van der Waals surface area contributed by atoms with Gasteiger partial charge in [-0.15, -0.1) is 0 Å². The lowest BCUT2D eigenvalue weighted by atomic mass is 10.1. The molecule has 1 amide bonds. The predicted octanol–water partition coefficient (Wildman–Crippen LogP) is 1.72. The minimum atomic E-state index is -0.551. The number of hydrogen-bond acceptors (Lipinski definition) is 3. The maximum atomic E-state index is 14.0. The number of guanidine groups is 1. The zero-order chi connectivity index (χ0) is 19.2. The quantitative estimate of drug-likeness (QED) is 0.618. The van der Waals surface area contributed by atoms with Gasteiger partial charge in [0.25, 0.3) is 0 Å². The van der Waals surface area contributed by atoms with Crippen LogP contribution in [-0.4, -0.2) is 62.6 Å². The van der Waals surface area contributed by atoms with E-state index in [0.29, 0.717) is 19.0 Å². The number of hydrogen-bond donors (Lipinski definition) is 2. The van der Waals surface area contributed by atoms with Crippen molar-refractivity contribution < 1.29 is 13.6 Å². The molecule has 3 rings (SSSR count). The first-order valence-electron chi connectivity index (χ1n) is 9.52. The van der Waals surface area contributed by atoms with E-state index < -0.39 is 11.6 Å². The molecule has 1 unspecified atom stereocenters. The maximum absolute atomic E-state index is 14.0. The van der Waals surface area contributed by atoms with E-state index >= 15 is 0 Å². The molecular weight excluding hydrogens is 352 g/mol. The van der Waals surface area contributed by atoms with Crippen molar-refractivity contribution in [3.05, 3.63) is 29.8 Å². The number of halogens is 2. The monoisotopic (exact) mass is 379 g/mol. The van der Waals surface area contributed by atoms with Crippen molar-refractivity contribution in [3.63, 3.8) is 0 Å². The molecule has 1 aromatic carbocycles. The molecule has 8 heteroatoms. The molecule has 2 heterocycles. The fourth-order valence-electron chi connectivity index (χ4n) is 3.67. The Bertz CT molecular complexity index is 670. The van der Waals surface area contributed by atoms with Gasteiger partial charge in [0, 0.05) is 39.3 Å². The Morgan fingerprint density at radius 1 is 1.19 bits per heavy atom. The summed E-state index contributed by atoms with van der Waals surface area (Å²) < 4.78 is 27.9. The lowest BCUT2D eigenvalue weighted by Crippen LogP contribution is -2.49. The van der Waals surface area contributed by atoms with Crippen LogP contribution in [0.25, 0.3) is 0 Å². The molecule has 1 aromatic rings. The van der Waals surface area contributed by atoms with E-state index in [1.54, 1.807) is 11.9 Å². The Hall–Kier alpha value is -2.38. The Balaban J connectivity index is 1.50. The first-order chi connectivity index (χ1) is 13.1. The molecule has 6 nitrogen and oxygen atoms in total. The van der Waals surface area contributed by atoms with Crippen LogP contribution in [0.3, 0.4) is 0 Å². The summed E-state index contributed by atoms with van der Waals surface area (Å²) in [5.74, 6) is -0.504. The summed E-state index contributed by atoms with van der Waals surface area (Å²) in [5, 5.41) is 6.30. The second-order valence-electron chi connectivity index (χ2n) is 7.01. The van der Waals surface area contributed by atoms with Crippen molar-refractivity contribution in [2.24, 2.45) is 4.99 Å². The van der Waals surface area contributed by atoms with E-state index in [4.69, 9.17) is 0 Å². The smallest absolute Gasteiger partial charge is 0.241 e. The van der Waals surface area contributed by atoms with Crippen molar-refractivity contribution >= 4 is 17.6 Å². The van der Waals surface area contributed by atoms with Gasteiger partial charge in [-0.25, -0.2) is 8.78 Å². The molecule has 2 aliphatic heterocycles. The molecule has 2 fully saturated rings. The minimum Gasteiger partial charge on any atom is -0.365 e. The Morgan fingerprint density at radius 2 is 1.89 bits per heavy atom. The number of anilines is 1. The van der Waals surface area contributed by atoms with Gasteiger partial charge in [0.1, 0.15) is 17.3 Å². The summed E-state index contributed by atoms with van der Waals surface area (Å²) in [6.45, 7) is 2.85. The highest BCUT2D eigenvalue weighted by Gasteiger charge is 2.27. The number of aliphatic imine (C=N–C) groups is 1. The number of benzene rings is 1. The van der Waals surface area contributed by atoms with Crippen LogP contribution in [0.5, 0.6) is 0 Å². The van der Waals surface area contributed by atoms with E-state index in [-0.39, 0.29) is 24.2 Å². The zero-order valence-electron chi connectivity index (χ0n) is 15.7. The molecule has 0 aromatic heterocycles. The third-order valence-corrected chi connectivity index (χ3v) is 5.12. The van der Waals surface area contributed by atoms with Gasteiger partial charge in [0.05, 0.1) is 6.54 Å². The summed E-state index contributed by atoms with van der Waals surface area (Å²) in [6.07, 6.45) is 4.03. The Labute approximate surface area is 158 Å². The van der Waals surface area contributed by atoms with E-state index in [1.165, 1.54) is 24.6 Å². The fourth-order valence-corrected chi connectivity index (χ4v) is 3.67. The molecule has 0 aliphatic carbocycles. The second-order valence-corrected chi connectivity index (χ2v) is 7.01. The van der Waals surface area contributed by atoms with Gasteiger partial charge in [-0.05, 0) is 37.8 Å². The molecule has 0 spiro atoms. The summed E-state index contributed by atoms with van der Waals surface area (Å²) in [5.41, 5.74) is 0.0185. The molecule has 2 saturated heterocycles. The van der Waals surface area contributed by atoms with E-state index in [1.807, 2.05) is 4.90 Å². The van der Waals surface area contributed by atoms with Crippen LogP contribution in [0.15, 0.2) is 23.2 Å². The molecule has 2 N–H and O–H groups in total. The largest absolute Gasteiger partial charge is 0.365 e. The number of para-hydroxylation sites is 1. The second kappa shape index (κ2) is 9.01. The topological polar surface area (TPSA) is 60.0 Å². The lowest BCUT2D eigenvalue weighted by Gasteiger charge is -2.27. The van der Waals surface area contributed by atoms with Crippen molar-refractivity contribution in [3.8, 4) is 0 Å².